The van der Waals surface area contributed by atoms with Crippen LogP contribution in [0.3, 0.4) is 0 Å². The Morgan fingerprint density at radius 1 is 0.950 bits per heavy atom. The van der Waals surface area contributed by atoms with E-state index in [1.54, 1.807) is 49.1 Å². The van der Waals surface area contributed by atoms with Gasteiger partial charge in [0.1, 0.15) is 18.1 Å². The van der Waals surface area contributed by atoms with E-state index in [0.717, 1.165) is 22.5 Å². The van der Waals surface area contributed by atoms with Gasteiger partial charge >= 0.3 is 0 Å². The number of piperazine rings is 1. The maximum absolute atomic E-state index is 13.4. The summed E-state index contributed by atoms with van der Waals surface area (Å²) in [4.78, 5) is 45.3. The second-order valence-electron chi connectivity index (χ2n) is 10.8. The molecule has 1 N–H and O–H groups in total. The van der Waals surface area contributed by atoms with Crippen LogP contribution in [-0.2, 0) is 9.59 Å². The van der Waals surface area contributed by atoms with Crippen LogP contribution in [0.4, 0.5) is 21.5 Å². The number of para-hydroxylation sites is 1. The van der Waals surface area contributed by atoms with Crippen molar-refractivity contribution in [1.29, 1.82) is 0 Å². The molecule has 2 heterocycles. The average Bonchev–Trinajstić information content (AvgIpc) is 2.93. The van der Waals surface area contributed by atoms with Gasteiger partial charge in [-0.2, -0.15) is 0 Å². The van der Waals surface area contributed by atoms with Crippen molar-refractivity contribution >= 4 is 34.8 Å². The first-order valence-corrected chi connectivity index (χ1v) is 13.3. The van der Waals surface area contributed by atoms with Crippen molar-refractivity contribution in [2.75, 3.05) is 47.8 Å². The zero-order valence-electron chi connectivity index (χ0n) is 23.2. The molecule has 8 nitrogen and oxygen atoms in total. The molecule has 2 aliphatic rings. The summed E-state index contributed by atoms with van der Waals surface area (Å²) < 4.78 is 19.3. The molecule has 0 saturated carbocycles. The molecule has 9 heteroatoms. The summed E-state index contributed by atoms with van der Waals surface area (Å²) in [6.45, 7) is 9.16. The van der Waals surface area contributed by atoms with E-state index in [2.05, 4.69) is 10.2 Å². The predicted octanol–water partition coefficient (Wildman–Crippen LogP) is 4.55. The van der Waals surface area contributed by atoms with Crippen LogP contribution in [0, 0.1) is 19.7 Å². The third kappa shape index (κ3) is 5.36. The van der Waals surface area contributed by atoms with Gasteiger partial charge in [-0.3, -0.25) is 19.3 Å². The fourth-order valence-corrected chi connectivity index (χ4v) is 5.16. The molecule has 0 unspecified atom stereocenters. The molecule has 1 fully saturated rings. The monoisotopic (exact) mass is 544 g/mol. The van der Waals surface area contributed by atoms with Crippen LogP contribution in [-0.4, -0.2) is 60.9 Å². The first-order chi connectivity index (χ1) is 19.0. The topological polar surface area (TPSA) is 82.2 Å². The van der Waals surface area contributed by atoms with E-state index < -0.39 is 5.60 Å². The predicted molar refractivity (Wildman–Crippen MR) is 153 cm³/mol. The molecule has 3 aromatic carbocycles. The molecule has 2 aliphatic heterocycles. The van der Waals surface area contributed by atoms with Gasteiger partial charge in [-0.25, -0.2) is 4.39 Å². The van der Waals surface area contributed by atoms with Gasteiger partial charge in [-0.15, -0.1) is 0 Å². The number of nitrogens with one attached hydrogen (secondary N) is 1. The SMILES string of the molecule is Cc1cccc(C)c1NC(=O)c1ccc2c(c1)N(CC(=O)N1CCN(c3ccc(F)cc3)CC1)C(=O)C(C)(C)O2. The number of fused-ring (bicyclic) bond motifs is 1. The molecular formula is C31H33FN4O4. The maximum atomic E-state index is 13.4. The van der Waals surface area contributed by atoms with Gasteiger partial charge in [0.05, 0.1) is 5.69 Å². The second kappa shape index (κ2) is 10.6. The summed E-state index contributed by atoms with van der Waals surface area (Å²) in [6, 6.07) is 17.0. The lowest BCUT2D eigenvalue weighted by Gasteiger charge is -2.40. The highest BCUT2D eigenvalue weighted by molar-refractivity contribution is 6.09. The average molecular weight is 545 g/mol. The normalized spacial score (nSPS) is 16.3. The molecule has 0 spiro atoms. The Hall–Kier alpha value is -4.40. The quantitative estimate of drug-likeness (QED) is 0.510. The number of aryl methyl sites for hydroxylation is 2. The molecule has 0 aliphatic carbocycles. The molecule has 40 heavy (non-hydrogen) atoms. The first-order valence-electron chi connectivity index (χ1n) is 13.3. The molecule has 0 aromatic heterocycles. The third-order valence-corrected chi connectivity index (χ3v) is 7.47. The van der Waals surface area contributed by atoms with Gasteiger partial charge in [-0.1, -0.05) is 18.2 Å². The summed E-state index contributed by atoms with van der Waals surface area (Å²) in [7, 11) is 0. The van der Waals surface area contributed by atoms with Crippen LogP contribution in [0.1, 0.15) is 35.3 Å². The van der Waals surface area contributed by atoms with Crippen molar-refractivity contribution in [2.24, 2.45) is 0 Å². The van der Waals surface area contributed by atoms with Crippen LogP contribution in [0.25, 0.3) is 0 Å². The number of ether oxygens (including phenoxy) is 1. The number of nitrogens with zero attached hydrogens (tertiary/aromatic N) is 3. The Morgan fingerprint density at radius 3 is 2.25 bits per heavy atom. The summed E-state index contributed by atoms with van der Waals surface area (Å²) in [5, 5.41) is 2.97. The molecule has 0 bridgehead atoms. The molecule has 3 amide bonds. The maximum Gasteiger partial charge on any atom is 0.271 e. The number of hydrogen-bond donors (Lipinski definition) is 1. The van der Waals surface area contributed by atoms with Gasteiger partial charge < -0.3 is 19.9 Å². The zero-order valence-corrected chi connectivity index (χ0v) is 23.2. The molecule has 5 rings (SSSR count). The highest BCUT2D eigenvalue weighted by Crippen LogP contribution is 2.38. The van der Waals surface area contributed by atoms with Crippen molar-refractivity contribution < 1.29 is 23.5 Å². The van der Waals surface area contributed by atoms with Gasteiger partial charge in [0.25, 0.3) is 11.8 Å². The number of amides is 3. The van der Waals surface area contributed by atoms with E-state index in [9.17, 15) is 18.8 Å². The smallest absolute Gasteiger partial charge is 0.271 e. The number of carbonyl (C=O) groups excluding carboxylic acids is 3. The summed E-state index contributed by atoms with van der Waals surface area (Å²) in [5.74, 6) is -0.726. The first kappa shape index (κ1) is 27.2. The number of benzene rings is 3. The van der Waals surface area contributed by atoms with Crippen molar-refractivity contribution in [1.82, 2.24) is 4.90 Å². The van der Waals surface area contributed by atoms with E-state index in [1.807, 2.05) is 32.0 Å². The summed E-state index contributed by atoms with van der Waals surface area (Å²) in [6.07, 6.45) is 0. The van der Waals surface area contributed by atoms with Gasteiger partial charge in [0.15, 0.2) is 5.60 Å². The van der Waals surface area contributed by atoms with E-state index in [1.165, 1.54) is 17.0 Å². The minimum Gasteiger partial charge on any atom is -0.476 e. The van der Waals surface area contributed by atoms with Gasteiger partial charge in [0.2, 0.25) is 5.91 Å². The largest absolute Gasteiger partial charge is 0.476 e. The molecule has 0 radical (unpaired) electrons. The lowest BCUT2D eigenvalue weighted by atomic mass is 10.0. The van der Waals surface area contributed by atoms with Crippen molar-refractivity contribution in [3.63, 3.8) is 0 Å². The zero-order chi connectivity index (χ0) is 28.6. The summed E-state index contributed by atoms with van der Waals surface area (Å²) >= 11 is 0. The lowest BCUT2D eigenvalue weighted by Crippen LogP contribution is -2.57. The third-order valence-electron chi connectivity index (χ3n) is 7.47. The lowest BCUT2D eigenvalue weighted by molar-refractivity contribution is -0.136. The Kier molecular flexibility index (Phi) is 7.23. The van der Waals surface area contributed by atoms with Crippen LogP contribution in [0.15, 0.2) is 60.7 Å². The van der Waals surface area contributed by atoms with Crippen LogP contribution < -0.4 is 19.9 Å². The minimum absolute atomic E-state index is 0.169. The Labute approximate surface area is 233 Å². The van der Waals surface area contributed by atoms with Crippen molar-refractivity contribution in [2.45, 2.75) is 33.3 Å². The van der Waals surface area contributed by atoms with E-state index in [0.29, 0.717) is 43.2 Å². The van der Waals surface area contributed by atoms with Crippen LogP contribution >= 0.6 is 0 Å². The molecule has 208 valence electrons. The number of anilines is 3. The van der Waals surface area contributed by atoms with E-state index >= 15 is 0 Å². The fraction of sp³-hybridized carbons (Fsp3) is 0.323. The standard InChI is InChI=1S/C31H33FN4O4/c1-20-6-5-7-21(2)28(20)33-29(38)22-8-13-26-25(18-22)36(30(39)31(3,4)40-26)19-27(37)35-16-14-34(15-17-35)24-11-9-23(32)10-12-24/h5-13,18H,14-17,19H2,1-4H3,(H,33,38). The summed E-state index contributed by atoms with van der Waals surface area (Å²) in [5.41, 5.74) is 3.09. The second-order valence-corrected chi connectivity index (χ2v) is 10.8. The highest BCUT2D eigenvalue weighted by Gasteiger charge is 2.42. The van der Waals surface area contributed by atoms with Crippen molar-refractivity contribution in [3.8, 4) is 5.75 Å². The number of carbonyl (C=O) groups is 3. The number of hydrogen-bond acceptors (Lipinski definition) is 5. The van der Waals surface area contributed by atoms with Crippen molar-refractivity contribution in [3.05, 3.63) is 83.2 Å². The Balaban J connectivity index is 1.33. The Morgan fingerprint density at radius 2 is 1.60 bits per heavy atom. The van der Waals surface area contributed by atoms with Gasteiger partial charge in [0, 0.05) is 43.1 Å². The molecule has 1 saturated heterocycles. The van der Waals surface area contributed by atoms with Crippen LogP contribution in [0.2, 0.25) is 0 Å². The number of rotatable bonds is 5. The molecule has 3 aromatic rings. The minimum atomic E-state index is -1.17. The molecule has 0 atom stereocenters. The fourth-order valence-electron chi connectivity index (χ4n) is 5.16. The highest BCUT2D eigenvalue weighted by atomic mass is 19.1. The number of halogens is 1. The van der Waals surface area contributed by atoms with Gasteiger partial charge in [-0.05, 0) is 81.3 Å². The van der Waals surface area contributed by atoms with E-state index in [4.69, 9.17) is 4.74 Å². The van der Waals surface area contributed by atoms with Crippen LogP contribution in [0.5, 0.6) is 5.75 Å². The molecular weight excluding hydrogens is 511 g/mol. The Bertz CT molecular complexity index is 1440. The van der Waals surface area contributed by atoms with E-state index in [-0.39, 0.29) is 30.1 Å².